The zero-order valence-electron chi connectivity index (χ0n) is 9.31. The fourth-order valence-electron chi connectivity index (χ4n) is 1.20. The van der Waals surface area contributed by atoms with Crippen LogP contribution in [0, 0.1) is 17.2 Å². The quantitative estimate of drug-likeness (QED) is 0.821. The van der Waals surface area contributed by atoms with Crippen LogP contribution in [-0.2, 0) is 0 Å². The highest BCUT2D eigenvalue weighted by Gasteiger charge is 2.18. The summed E-state index contributed by atoms with van der Waals surface area (Å²) in [5.74, 6) is 0.0441. The van der Waals surface area contributed by atoms with Gasteiger partial charge in [0.05, 0.1) is 17.7 Å². The summed E-state index contributed by atoms with van der Waals surface area (Å²) in [4.78, 5) is 11.8. The molecule has 0 saturated carbocycles. The van der Waals surface area contributed by atoms with Crippen LogP contribution >= 0.6 is 12.4 Å². The maximum absolute atomic E-state index is 11.8. The number of carbonyl (C=O) groups excluding carboxylic acids is 1. The predicted octanol–water partition coefficient (Wildman–Crippen LogP) is 2.15. The number of benzene rings is 1. The van der Waals surface area contributed by atoms with Crippen LogP contribution in [0.15, 0.2) is 24.3 Å². The van der Waals surface area contributed by atoms with E-state index in [0.717, 1.165) is 0 Å². The lowest BCUT2D eigenvalue weighted by Crippen LogP contribution is -2.35. The molecule has 0 heterocycles. The Balaban J connectivity index is 0.00000225. The molecule has 3 nitrogen and oxygen atoms in total. The van der Waals surface area contributed by atoms with Gasteiger partial charge in [-0.15, -0.1) is 12.4 Å². The molecule has 0 amide bonds. The number of carbonyl (C=O) groups is 1. The Morgan fingerprint density at radius 2 is 1.81 bits per heavy atom. The van der Waals surface area contributed by atoms with E-state index < -0.39 is 6.04 Å². The van der Waals surface area contributed by atoms with Crippen molar-refractivity contribution in [2.75, 3.05) is 0 Å². The number of halogens is 1. The minimum absolute atomic E-state index is 0. The first-order valence-electron chi connectivity index (χ1n) is 4.86. The molecule has 1 aromatic rings. The van der Waals surface area contributed by atoms with E-state index in [1.165, 1.54) is 0 Å². The fourth-order valence-corrected chi connectivity index (χ4v) is 1.20. The first-order valence-corrected chi connectivity index (χ1v) is 4.86. The molecule has 0 saturated heterocycles. The minimum atomic E-state index is -0.474. The molecule has 0 spiro atoms. The van der Waals surface area contributed by atoms with E-state index in [4.69, 9.17) is 11.0 Å². The molecule has 0 bridgehead atoms. The van der Waals surface area contributed by atoms with Gasteiger partial charge in [0.2, 0.25) is 0 Å². The summed E-state index contributed by atoms with van der Waals surface area (Å²) in [7, 11) is 0. The second-order valence-electron chi connectivity index (χ2n) is 3.82. The maximum atomic E-state index is 11.8. The summed E-state index contributed by atoms with van der Waals surface area (Å²) >= 11 is 0. The van der Waals surface area contributed by atoms with Crippen molar-refractivity contribution in [3.05, 3.63) is 35.4 Å². The smallest absolute Gasteiger partial charge is 0.179 e. The molecule has 0 aliphatic heterocycles. The molecule has 0 radical (unpaired) electrons. The lowest BCUT2D eigenvalue weighted by atomic mass is 9.95. The van der Waals surface area contributed by atoms with Crippen LogP contribution in [0.2, 0.25) is 0 Å². The number of nitrogens with two attached hydrogens (primary N) is 1. The Labute approximate surface area is 102 Å². The molecule has 1 atom stereocenters. The monoisotopic (exact) mass is 238 g/mol. The number of nitriles is 1. The molecule has 0 aliphatic rings. The lowest BCUT2D eigenvalue weighted by molar-refractivity contribution is 0.0940. The largest absolute Gasteiger partial charge is 0.321 e. The summed E-state index contributed by atoms with van der Waals surface area (Å²) in [5, 5.41) is 8.60. The van der Waals surface area contributed by atoms with Crippen LogP contribution in [0.1, 0.15) is 29.8 Å². The number of hydrogen-bond donors (Lipinski definition) is 1. The van der Waals surface area contributed by atoms with Crippen molar-refractivity contribution in [3.63, 3.8) is 0 Å². The summed E-state index contributed by atoms with van der Waals surface area (Å²) < 4.78 is 0. The Bertz CT molecular complexity index is 392. The zero-order chi connectivity index (χ0) is 11.4. The van der Waals surface area contributed by atoms with E-state index in [2.05, 4.69) is 0 Å². The highest BCUT2D eigenvalue weighted by Crippen LogP contribution is 2.09. The number of rotatable bonds is 3. The van der Waals surface area contributed by atoms with Gasteiger partial charge in [-0.2, -0.15) is 5.26 Å². The first-order chi connectivity index (χ1) is 7.06. The van der Waals surface area contributed by atoms with Crippen LogP contribution in [0.25, 0.3) is 0 Å². The van der Waals surface area contributed by atoms with Crippen molar-refractivity contribution < 1.29 is 4.79 Å². The number of nitrogens with zero attached hydrogens (tertiary/aromatic N) is 1. The van der Waals surface area contributed by atoms with E-state index >= 15 is 0 Å². The third-order valence-electron chi connectivity index (χ3n) is 2.32. The van der Waals surface area contributed by atoms with Gasteiger partial charge in [0, 0.05) is 5.56 Å². The summed E-state index contributed by atoms with van der Waals surface area (Å²) in [6.45, 7) is 3.82. The molecule has 0 aliphatic carbocycles. The SMILES string of the molecule is CC(C)C(N)C(=O)c1ccc(C#N)cc1.Cl. The summed E-state index contributed by atoms with van der Waals surface area (Å²) in [6.07, 6.45) is 0. The van der Waals surface area contributed by atoms with Gasteiger partial charge in [0.25, 0.3) is 0 Å². The normalized spacial score (nSPS) is 11.4. The molecule has 0 aromatic heterocycles. The Kier molecular flexibility index (Phi) is 5.73. The van der Waals surface area contributed by atoms with Crippen molar-refractivity contribution in [2.24, 2.45) is 11.7 Å². The molecule has 0 fully saturated rings. The molecule has 1 aromatic carbocycles. The highest BCUT2D eigenvalue weighted by atomic mass is 35.5. The van der Waals surface area contributed by atoms with E-state index in [-0.39, 0.29) is 24.1 Å². The van der Waals surface area contributed by atoms with Gasteiger partial charge in [-0.25, -0.2) is 0 Å². The van der Waals surface area contributed by atoms with Crippen molar-refractivity contribution in [1.29, 1.82) is 5.26 Å². The van der Waals surface area contributed by atoms with Gasteiger partial charge in [-0.3, -0.25) is 4.79 Å². The Morgan fingerprint density at radius 1 is 1.31 bits per heavy atom. The molecule has 86 valence electrons. The van der Waals surface area contributed by atoms with E-state index in [9.17, 15) is 4.79 Å². The van der Waals surface area contributed by atoms with Crippen LogP contribution in [0.4, 0.5) is 0 Å². The Morgan fingerprint density at radius 3 is 2.19 bits per heavy atom. The number of ketones is 1. The van der Waals surface area contributed by atoms with Gasteiger partial charge in [0.1, 0.15) is 0 Å². The minimum Gasteiger partial charge on any atom is -0.321 e. The highest BCUT2D eigenvalue weighted by molar-refractivity contribution is 6.00. The zero-order valence-corrected chi connectivity index (χ0v) is 10.1. The van der Waals surface area contributed by atoms with E-state index in [1.54, 1.807) is 24.3 Å². The third-order valence-corrected chi connectivity index (χ3v) is 2.32. The molecular formula is C12H15ClN2O. The van der Waals surface area contributed by atoms with Crippen molar-refractivity contribution >= 4 is 18.2 Å². The van der Waals surface area contributed by atoms with Gasteiger partial charge in [0.15, 0.2) is 5.78 Å². The van der Waals surface area contributed by atoms with Gasteiger partial charge < -0.3 is 5.73 Å². The second-order valence-corrected chi connectivity index (χ2v) is 3.82. The Hall–Kier alpha value is -1.37. The van der Waals surface area contributed by atoms with Gasteiger partial charge in [-0.05, 0) is 18.1 Å². The van der Waals surface area contributed by atoms with Crippen LogP contribution < -0.4 is 5.73 Å². The lowest BCUT2D eigenvalue weighted by Gasteiger charge is -2.13. The van der Waals surface area contributed by atoms with E-state index in [1.807, 2.05) is 19.9 Å². The van der Waals surface area contributed by atoms with Crippen molar-refractivity contribution in [2.45, 2.75) is 19.9 Å². The van der Waals surface area contributed by atoms with Crippen LogP contribution in [0.5, 0.6) is 0 Å². The van der Waals surface area contributed by atoms with Crippen molar-refractivity contribution in [3.8, 4) is 6.07 Å². The third kappa shape index (κ3) is 3.34. The predicted molar refractivity (Wildman–Crippen MR) is 65.5 cm³/mol. The molecule has 4 heteroatoms. The topological polar surface area (TPSA) is 66.9 Å². The standard InChI is InChI=1S/C12H14N2O.ClH/c1-8(2)11(14)12(15)10-5-3-9(7-13)4-6-10;/h3-6,8,11H,14H2,1-2H3;1H. The molecule has 1 unspecified atom stereocenters. The first kappa shape index (κ1) is 14.6. The second kappa shape index (κ2) is 6.26. The average Bonchev–Trinajstić information content (AvgIpc) is 2.27. The van der Waals surface area contributed by atoms with Crippen molar-refractivity contribution in [1.82, 2.24) is 0 Å². The molecular weight excluding hydrogens is 224 g/mol. The number of Topliss-reactive ketones (excluding diaryl/α,β-unsaturated/α-hetero) is 1. The summed E-state index contributed by atoms with van der Waals surface area (Å²) in [5.41, 5.74) is 6.86. The fraction of sp³-hybridized carbons (Fsp3) is 0.333. The maximum Gasteiger partial charge on any atom is 0.179 e. The summed E-state index contributed by atoms with van der Waals surface area (Å²) in [6, 6.07) is 8.06. The van der Waals surface area contributed by atoms with Gasteiger partial charge >= 0.3 is 0 Å². The number of hydrogen-bond acceptors (Lipinski definition) is 3. The van der Waals surface area contributed by atoms with Crippen LogP contribution in [0.3, 0.4) is 0 Å². The molecule has 2 N–H and O–H groups in total. The molecule has 1 rings (SSSR count). The average molecular weight is 239 g/mol. The molecule has 16 heavy (non-hydrogen) atoms. The van der Waals surface area contributed by atoms with E-state index in [0.29, 0.717) is 11.1 Å². The van der Waals surface area contributed by atoms with Gasteiger partial charge in [-0.1, -0.05) is 26.0 Å². The van der Waals surface area contributed by atoms with Crippen LogP contribution in [-0.4, -0.2) is 11.8 Å².